The lowest BCUT2D eigenvalue weighted by atomic mass is 10.2. The van der Waals surface area contributed by atoms with Gasteiger partial charge in [-0.2, -0.15) is 4.31 Å². The van der Waals surface area contributed by atoms with E-state index in [1.54, 1.807) is 4.90 Å². The van der Waals surface area contributed by atoms with Gasteiger partial charge in [0, 0.05) is 33.2 Å². The Kier molecular flexibility index (Phi) is 5.90. The van der Waals surface area contributed by atoms with E-state index in [2.05, 4.69) is 0 Å². The first-order valence-corrected chi connectivity index (χ1v) is 9.98. The van der Waals surface area contributed by atoms with Crippen molar-refractivity contribution in [2.24, 2.45) is 0 Å². The first kappa shape index (κ1) is 18.1. The molecule has 1 amide bonds. The molecule has 1 aromatic rings. The third-order valence-electron chi connectivity index (χ3n) is 3.81. The molecule has 0 atom stereocenters. The maximum Gasteiger partial charge on any atom is 0.237 e. The number of Topliss-reactive ketones (excluding diaryl/α,β-unsaturated/α-hetero) is 1. The summed E-state index contributed by atoms with van der Waals surface area (Å²) in [5, 5.41) is 1.88. The van der Waals surface area contributed by atoms with E-state index in [0.717, 1.165) is 15.4 Å². The normalized spacial score (nSPS) is 16.7. The fourth-order valence-corrected chi connectivity index (χ4v) is 3.28. The summed E-state index contributed by atoms with van der Waals surface area (Å²) in [4.78, 5) is 28.6. The summed E-state index contributed by atoms with van der Waals surface area (Å²) in [6, 6.07) is 3.67. The van der Waals surface area contributed by atoms with Crippen molar-refractivity contribution in [2.45, 2.75) is 0 Å². The number of piperazine rings is 1. The van der Waals surface area contributed by atoms with Crippen LogP contribution in [0.3, 0.4) is 0 Å². The predicted octanol–water partition coefficient (Wildman–Crippen LogP) is -0.0336. The largest absolute Gasteiger partial charge is 0.339 e. The minimum Gasteiger partial charge on any atom is -0.339 e. The number of likely N-dealkylation sites (N-methyl/N-ethyl adjacent to an activating group) is 1. The minimum atomic E-state index is -3.36. The molecule has 0 spiro atoms. The van der Waals surface area contributed by atoms with Gasteiger partial charge in [0.15, 0.2) is 5.78 Å². The Hall–Kier alpha value is -1.29. The van der Waals surface area contributed by atoms with Gasteiger partial charge in [-0.1, -0.05) is 6.07 Å². The van der Waals surface area contributed by atoms with Gasteiger partial charge in [0.25, 0.3) is 0 Å². The van der Waals surface area contributed by atoms with Crippen molar-refractivity contribution in [3.8, 4) is 0 Å². The van der Waals surface area contributed by atoms with Crippen LogP contribution >= 0.6 is 11.3 Å². The summed E-state index contributed by atoms with van der Waals surface area (Å²) in [5.74, 6) is -0.112. The van der Waals surface area contributed by atoms with Gasteiger partial charge in [-0.05, 0) is 11.4 Å². The fraction of sp³-hybridized carbons (Fsp3) is 0.571. The van der Waals surface area contributed by atoms with Crippen LogP contribution in [0, 0.1) is 0 Å². The molecule has 0 N–H and O–H groups in total. The summed E-state index contributed by atoms with van der Waals surface area (Å²) >= 11 is 1.43. The quantitative estimate of drug-likeness (QED) is 0.667. The predicted molar refractivity (Wildman–Crippen MR) is 89.1 cm³/mol. The van der Waals surface area contributed by atoms with Crippen molar-refractivity contribution in [1.82, 2.24) is 14.1 Å². The SMILES string of the molecule is CN(CC(=O)N1CCN(CC(=O)c2cccs2)CC1)S(C)(=O)=O. The third kappa shape index (κ3) is 5.10. The van der Waals surface area contributed by atoms with Gasteiger partial charge < -0.3 is 4.90 Å². The molecular weight excluding hydrogens is 338 g/mol. The van der Waals surface area contributed by atoms with Gasteiger partial charge in [0.1, 0.15) is 0 Å². The average molecular weight is 359 g/mol. The van der Waals surface area contributed by atoms with Crippen molar-refractivity contribution in [3.05, 3.63) is 22.4 Å². The van der Waals surface area contributed by atoms with Gasteiger partial charge in [0.2, 0.25) is 15.9 Å². The van der Waals surface area contributed by atoms with Gasteiger partial charge in [-0.25, -0.2) is 8.42 Å². The molecule has 0 bridgehead atoms. The number of hydrogen-bond acceptors (Lipinski definition) is 6. The molecule has 1 fully saturated rings. The lowest BCUT2D eigenvalue weighted by molar-refractivity contribution is -0.132. The Morgan fingerprint density at radius 1 is 1.26 bits per heavy atom. The van der Waals surface area contributed by atoms with Crippen LogP contribution in [-0.2, 0) is 14.8 Å². The number of carbonyl (C=O) groups excluding carboxylic acids is 2. The third-order valence-corrected chi connectivity index (χ3v) is 5.98. The summed E-state index contributed by atoms with van der Waals surface area (Å²) in [6.45, 7) is 2.46. The van der Waals surface area contributed by atoms with E-state index in [1.807, 2.05) is 22.4 Å². The molecule has 1 saturated heterocycles. The van der Waals surface area contributed by atoms with Crippen LogP contribution in [-0.4, -0.2) is 86.8 Å². The number of sulfonamides is 1. The van der Waals surface area contributed by atoms with E-state index in [9.17, 15) is 18.0 Å². The van der Waals surface area contributed by atoms with Crippen molar-refractivity contribution >= 4 is 33.1 Å². The van der Waals surface area contributed by atoms with Crippen LogP contribution in [0.15, 0.2) is 17.5 Å². The fourth-order valence-electron chi connectivity index (χ4n) is 2.28. The average Bonchev–Trinajstić information content (AvgIpc) is 3.01. The molecule has 2 heterocycles. The van der Waals surface area contributed by atoms with Crippen LogP contribution < -0.4 is 0 Å². The Morgan fingerprint density at radius 3 is 2.43 bits per heavy atom. The zero-order valence-corrected chi connectivity index (χ0v) is 14.9. The monoisotopic (exact) mass is 359 g/mol. The zero-order chi connectivity index (χ0) is 17.0. The van der Waals surface area contributed by atoms with E-state index >= 15 is 0 Å². The molecule has 0 saturated carbocycles. The number of hydrogen-bond donors (Lipinski definition) is 0. The number of thiophene rings is 1. The molecule has 9 heteroatoms. The van der Waals surface area contributed by atoms with Crippen molar-refractivity contribution in [2.75, 3.05) is 52.6 Å². The molecule has 1 aliphatic heterocycles. The van der Waals surface area contributed by atoms with Crippen LogP contribution in [0.1, 0.15) is 9.67 Å². The number of carbonyl (C=O) groups is 2. The molecule has 0 aromatic carbocycles. The van der Waals surface area contributed by atoms with Crippen LogP contribution in [0.5, 0.6) is 0 Å². The van der Waals surface area contributed by atoms with E-state index < -0.39 is 10.0 Å². The highest BCUT2D eigenvalue weighted by Crippen LogP contribution is 2.11. The van der Waals surface area contributed by atoms with E-state index in [1.165, 1.54) is 18.4 Å². The van der Waals surface area contributed by atoms with E-state index in [4.69, 9.17) is 0 Å². The summed E-state index contributed by atoms with van der Waals surface area (Å²) in [7, 11) is -1.96. The summed E-state index contributed by atoms with van der Waals surface area (Å²) in [5.41, 5.74) is 0. The molecule has 1 aromatic heterocycles. The summed E-state index contributed by atoms with van der Waals surface area (Å²) < 4.78 is 23.7. The van der Waals surface area contributed by atoms with Crippen molar-refractivity contribution < 1.29 is 18.0 Å². The van der Waals surface area contributed by atoms with Gasteiger partial charge in [-0.15, -0.1) is 11.3 Å². The Morgan fingerprint density at radius 2 is 1.91 bits per heavy atom. The molecule has 0 radical (unpaired) electrons. The molecule has 0 aliphatic carbocycles. The zero-order valence-electron chi connectivity index (χ0n) is 13.3. The Balaban J connectivity index is 1.79. The first-order chi connectivity index (χ1) is 10.8. The van der Waals surface area contributed by atoms with Crippen LogP contribution in [0.2, 0.25) is 0 Å². The maximum atomic E-state index is 12.1. The second kappa shape index (κ2) is 7.52. The van der Waals surface area contributed by atoms with Gasteiger partial charge in [-0.3, -0.25) is 14.5 Å². The molecule has 7 nitrogen and oxygen atoms in total. The van der Waals surface area contributed by atoms with Gasteiger partial charge >= 0.3 is 0 Å². The van der Waals surface area contributed by atoms with E-state index in [0.29, 0.717) is 32.7 Å². The number of nitrogens with zero attached hydrogens (tertiary/aromatic N) is 3. The smallest absolute Gasteiger partial charge is 0.237 e. The highest BCUT2D eigenvalue weighted by atomic mass is 32.2. The molecule has 23 heavy (non-hydrogen) atoms. The molecule has 128 valence electrons. The van der Waals surface area contributed by atoms with Crippen molar-refractivity contribution in [3.63, 3.8) is 0 Å². The Labute approximate surface area is 140 Å². The lowest BCUT2D eigenvalue weighted by Gasteiger charge is -2.34. The number of rotatable bonds is 6. The second-order valence-corrected chi connectivity index (χ2v) is 8.61. The minimum absolute atomic E-state index is 0.0941. The van der Waals surface area contributed by atoms with Crippen LogP contribution in [0.25, 0.3) is 0 Å². The molecular formula is C14H21N3O4S2. The molecule has 0 unspecified atom stereocenters. The highest BCUT2D eigenvalue weighted by Gasteiger charge is 2.25. The topological polar surface area (TPSA) is 78.0 Å². The van der Waals surface area contributed by atoms with Crippen molar-refractivity contribution in [1.29, 1.82) is 0 Å². The molecule has 1 aliphatic rings. The number of ketones is 1. The molecule has 2 rings (SSSR count). The van der Waals surface area contributed by atoms with Crippen LogP contribution in [0.4, 0.5) is 0 Å². The Bertz CT molecular complexity index is 650. The van der Waals surface area contributed by atoms with Gasteiger partial charge in [0.05, 0.1) is 24.2 Å². The number of amides is 1. The highest BCUT2D eigenvalue weighted by molar-refractivity contribution is 7.88. The maximum absolute atomic E-state index is 12.1. The summed E-state index contributed by atoms with van der Waals surface area (Å²) in [6.07, 6.45) is 1.08. The standard InChI is InChI=1S/C14H21N3O4S2/c1-15(23(2,20)21)11-14(19)17-7-5-16(6-8-17)10-12(18)13-4-3-9-22-13/h3-4,9H,5-8,10-11H2,1-2H3. The van der Waals surface area contributed by atoms with E-state index in [-0.39, 0.29) is 18.2 Å². The first-order valence-electron chi connectivity index (χ1n) is 7.25. The lowest BCUT2D eigenvalue weighted by Crippen LogP contribution is -2.52. The second-order valence-electron chi connectivity index (χ2n) is 5.58.